The van der Waals surface area contributed by atoms with Crippen molar-refractivity contribution in [3.63, 3.8) is 0 Å². The van der Waals surface area contributed by atoms with Gasteiger partial charge in [0.05, 0.1) is 7.11 Å². The van der Waals surface area contributed by atoms with E-state index in [9.17, 15) is 0 Å². The van der Waals surface area contributed by atoms with Crippen LogP contribution in [0.4, 0.5) is 0 Å². The molecule has 0 amide bonds. The quantitative estimate of drug-likeness (QED) is 0.545. The predicted molar refractivity (Wildman–Crippen MR) is 79.1 cm³/mol. The Morgan fingerprint density at radius 3 is 2.65 bits per heavy atom. The molecule has 90 valence electrons. The molecule has 1 heterocycles. The number of methoxy groups -OCH3 is 1. The van der Waals surface area contributed by atoms with E-state index in [1.807, 2.05) is 0 Å². The standard InChI is InChI=1S/C13H14OS3/c1-8-4-5-10(6-9(2)13(8)14-3)11-7-12(15)17-16-11/h5-7H,4H2,1-3H3. The summed E-state index contributed by atoms with van der Waals surface area (Å²) in [6.45, 7) is 4.21. The molecule has 0 saturated heterocycles. The fourth-order valence-electron chi connectivity index (χ4n) is 1.93. The molecule has 0 N–H and O–H groups in total. The summed E-state index contributed by atoms with van der Waals surface area (Å²) in [7, 11) is 5.13. The van der Waals surface area contributed by atoms with Gasteiger partial charge in [-0.3, -0.25) is 0 Å². The molecule has 0 saturated carbocycles. The highest BCUT2D eigenvalue weighted by molar-refractivity contribution is 7.79. The summed E-state index contributed by atoms with van der Waals surface area (Å²) >= 11 is 5.18. The molecule has 0 spiro atoms. The van der Waals surface area contributed by atoms with Crippen molar-refractivity contribution in [1.82, 2.24) is 0 Å². The van der Waals surface area contributed by atoms with Gasteiger partial charge in [0.25, 0.3) is 0 Å². The fraction of sp³-hybridized carbons (Fsp3) is 0.308. The fourth-order valence-corrected chi connectivity index (χ4v) is 4.34. The van der Waals surface area contributed by atoms with Gasteiger partial charge in [0.15, 0.2) is 0 Å². The first kappa shape index (κ1) is 12.7. The summed E-state index contributed by atoms with van der Waals surface area (Å²) in [5.74, 6) is 1.01. The minimum absolute atomic E-state index is 0.932. The molecule has 1 nitrogen and oxygen atoms in total. The highest BCUT2D eigenvalue weighted by Crippen LogP contribution is 2.32. The SMILES string of the molecule is COC1=C(C)CC=C(c2cc(=S)ss2)C=C1C. The van der Waals surface area contributed by atoms with Gasteiger partial charge < -0.3 is 4.74 Å². The Morgan fingerprint density at radius 1 is 1.29 bits per heavy atom. The van der Waals surface area contributed by atoms with Gasteiger partial charge in [-0.25, -0.2) is 0 Å². The topological polar surface area (TPSA) is 9.23 Å². The molecule has 1 aliphatic carbocycles. The van der Waals surface area contributed by atoms with Crippen LogP contribution in [0, 0.1) is 3.82 Å². The van der Waals surface area contributed by atoms with E-state index < -0.39 is 0 Å². The third-order valence-electron chi connectivity index (χ3n) is 2.70. The second kappa shape index (κ2) is 5.29. The van der Waals surface area contributed by atoms with Gasteiger partial charge in [-0.1, -0.05) is 39.0 Å². The van der Waals surface area contributed by atoms with Crippen molar-refractivity contribution in [2.24, 2.45) is 0 Å². The van der Waals surface area contributed by atoms with Gasteiger partial charge in [-0.15, -0.1) is 0 Å². The first-order chi connectivity index (χ1) is 8.11. The zero-order valence-corrected chi connectivity index (χ0v) is 12.5. The number of hydrogen-bond acceptors (Lipinski definition) is 4. The average Bonchev–Trinajstić information content (AvgIpc) is 2.65. The molecule has 0 aliphatic heterocycles. The molecule has 2 rings (SSSR count). The second-order valence-corrected chi connectivity index (χ2v) is 6.91. The van der Waals surface area contributed by atoms with E-state index in [-0.39, 0.29) is 0 Å². The summed E-state index contributed by atoms with van der Waals surface area (Å²) in [5, 5.41) is 0. The highest BCUT2D eigenvalue weighted by atomic mass is 32.9. The molecule has 0 radical (unpaired) electrons. The lowest BCUT2D eigenvalue weighted by atomic mass is 10.1. The third-order valence-corrected chi connectivity index (χ3v) is 5.61. The van der Waals surface area contributed by atoms with Crippen molar-refractivity contribution < 1.29 is 4.74 Å². The third kappa shape index (κ3) is 2.76. The van der Waals surface area contributed by atoms with Crippen molar-refractivity contribution in [3.05, 3.63) is 43.8 Å². The first-order valence-electron chi connectivity index (χ1n) is 5.35. The molecule has 0 fully saturated rings. The molecule has 1 aromatic heterocycles. The lowest BCUT2D eigenvalue weighted by Gasteiger charge is -2.08. The number of rotatable bonds is 2. The van der Waals surface area contributed by atoms with Crippen molar-refractivity contribution in [2.75, 3.05) is 7.11 Å². The summed E-state index contributed by atoms with van der Waals surface area (Å²) < 4.78 is 6.40. The van der Waals surface area contributed by atoms with E-state index in [4.69, 9.17) is 17.0 Å². The minimum Gasteiger partial charge on any atom is -0.497 e. The number of ether oxygens (including phenoxy) is 1. The molecule has 0 bridgehead atoms. The zero-order valence-electron chi connectivity index (χ0n) is 10.1. The van der Waals surface area contributed by atoms with Gasteiger partial charge in [-0.2, -0.15) is 0 Å². The van der Waals surface area contributed by atoms with Gasteiger partial charge in [0.1, 0.15) is 9.58 Å². The van der Waals surface area contributed by atoms with Crippen LogP contribution in [0.25, 0.3) is 5.57 Å². The summed E-state index contributed by atoms with van der Waals surface area (Å²) in [5.41, 5.74) is 3.71. The Bertz CT molecular complexity index is 569. The van der Waals surface area contributed by atoms with E-state index in [0.717, 1.165) is 16.0 Å². The minimum atomic E-state index is 0.932. The Labute approximate surface area is 114 Å². The van der Waals surface area contributed by atoms with E-state index in [1.165, 1.54) is 21.6 Å². The zero-order chi connectivity index (χ0) is 12.4. The summed E-state index contributed by atoms with van der Waals surface area (Å²) in [4.78, 5) is 1.25. The van der Waals surface area contributed by atoms with Crippen LogP contribution < -0.4 is 0 Å². The molecular weight excluding hydrogens is 268 g/mol. The predicted octanol–water partition coefficient (Wildman–Crippen LogP) is 5.19. The first-order valence-corrected chi connectivity index (χ1v) is 7.90. The van der Waals surface area contributed by atoms with Crippen LogP contribution >= 0.6 is 32.9 Å². The van der Waals surface area contributed by atoms with Crippen molar-refractivity contribution >= 4 is 38.5 Å². The normalized spacial score (nSPS) is 16.4. The average molecular weight is 282 g/mol. The second-order valence-electron chi connectivity index (χ2n) is 4.00. The van der Waals surface area contributed by atoms with Crippen LogP contribution in [0.3, 0.4) is 0 Å². The summed E-state index contributed by atoms with van der Waals surface area (Å²) in [6, 6.07) is 2.08. The van der Waals surface area contributed by atoms with Crippen molar-refractivity contribution in [1.29, 1.82) is 0 Å². The van der Waals surface area contributed by atoms with Gasteiger partial charge >= 0.3 is 0 Å². The van der Waals surface area contributed by atoms with E-state index in [0.29, 0.717) is 0 Å². The van der Waals surface area contributed by atoms with Crippen molar-refractivity contribution in [2.45, 2.75) is 20.3 Å². The largest absolute Gasteiger partial charge is 0.497 e. The monoisotopic (exact) mass is 282 g/mol. The molecule has 1 aromatic rings. The van der Waals surface area contributed by atoms with Crippen LogP contribution in [-0.2, 0) is 4.74 Å². The van der Waals surface area contributed by atoms with Crippen LogP contribution in [0.2, 0.25) is 0 Å². The lowest BCUT2D eigenvalue weighted by molar-refractivity contribution is 0.296. The number of allylic oxidation sites excluding steroid dienone is 5. The van der Waals surface area contributed by atoms with Gasteiger partial charge in [-0.05, 0) is 49.1 Å². The Kier molecular flexibility index (Phi) is 3.97. The maximum absolute atomic E-state index is 5.45. The highest BCUT2D eigenvalue weighted by Gasteiger charge is 2.11. The maximum Gasteiger partial charge on any atom is 0.121 e. The van der Waals surface area contributed by atoms with E-state index in [1.54, 1.807) is 27.8 Å². The van der Waals surface area contributed by atoms with Crippen LogP contribution in [0.5, 0.6) is 0 Å². The Morgan fingerprint density at radius 2 is 2.06 bits per heavy atom. The van der Waals surface area contributed by atoms with Gasteiger partial charge in [0, 0.05) is 4.88 Å². The Hall–Kier alpha value is -0.710. The van der Waals surface area contributed by atoms with Gasteiger partial charge in [0.2, 0.25) is 0 Å². The molecule has 4 heteroatoms. The molecule has 1 aliphatic rings. The molecule has 0 atom stereocenters. The Balaban J connectivity index is 2.42. The number of hydrogen-bond donors (Lipinski definition) is 0. The van der Waals surface area contributed by atoms with Crippen LogP contribution in [0.1, 0.15) is 25.1 Å². The van der Waals surface area contributed by atoms with E-state index in [2.05, 4.69) is 32.1 Å². The summed E-state index contributed by atoms with van der Waals surface area (Å²) in [6.07, 6.45) is 5.36. The maximum atomic E-state index is 5.45. The van der Waals surface area contributed by atoms with Crippen LogP contribution in [0.15, 0.2) is 35.1 Å². The smallest absolute Gasteiger partial charge is 0.121 e. The molecule has 17 heavy (non-hydrogen) atoms. The molecule has 0 aromatic carbocycles. The van der Waals surface area contributed by atoms with Crippen molar-refractivity contribution in [3.8, 4) is 0 Å². The molecular formula is C13H14OS3. The lowest BCUT2D eigenvalue weighted by Crippen LogP contribution is -1.92. The molecule has 0 unspecified atom stereocenters. The van der Waals surface area contributed by atoms with E-state index >= 15 is 0 Å². The van der Waals surface area contributed by atoms with Crippen LogP contribution in [-0.4, -0.2) is 7.11 Å².